The van der Waals surface area contributed by atoms with Crippen LogP contribution in [0.2, 0.25) is 0 Å². The summed E-state index contributed by atoms with van der Waals surface area (Å²) in [6, 6.07) is 7.76. The van der Waals surface area contributed by atoms with Gasteiger partial charge in [0.2, 0.25) is 0 Å². The van der Waals surface area contributed by atoms with E-state index >= 15 is 0 Å². The molecule has 0 bridgehead atoms. The third-order valence-corrected chi connectivity index (χ3v) is 7.04. The Kier molecular flexibility index (Phi) is 4.63. The summed E-state index contributed by atoms with van der Waals surface area (Å²) in [5, 5.41) is 3.98. The number of nitrogens with zero attached hydrogens (tertiary/aromatic N) is 5. The second-order valence-electron chi connectivity index (χ2n) is 6.92. The number of hydrogen-bond donors (Lipinski definition) is 1. The number of anilines is 1. The van der Waals surface area contributed by atoms with Gasteiger partial charge in [-0.05, 0) is 12.1 Å². The van der Waals surface area contributed by atoms with Crippen LogP contribution in [0.1, 0.15) is 10.4 Å². The molecule has 5 rings (SSSR count). The molecule has 0 spiro atoms. The van der Waals surface area contributed by atoms with Crippen LogP contribution in [0, 0.1) is 0 Å². The fraction of sp³-hybridized carbons (Fsp3) is 0.300. The number of aromatic nitrogens is 4. The van der Waals surface area contributed by atoms with Crippen LogP contribution in [-0.4, -0.2) is 62.0 Å². The van der Waals surface area contributed by atoms with E-state index in [-0.39, 0.29) is 5.91 Å². The Morgan fingerprint density at radius 1 is 1.17 bits per heavy atom. The Labute approximate surface area is 176 Å². The Morgan fingerprint density at radius 2 is 2.00 bits per heavy atom. The lowest BCUT2D eigenvalue weighted by atomic mass is 10.1. The van der Waals surface area contributed by atoms with Crippen molar-refractivity contribution in [2.75, 3.05) is 37.0 Å². The number of carbonyl (C=O) groups excluding carboxylic acids is 1. The van der Waals surface area contributed by atoms with Crippen LogP contribution in [-0.2, 0) is 7.05 Å². The van der Waals surface area contributed by atoms with Crippen LogP contribution in [0.3, 0.4) is 0 Å². The van der Waals surface area contributed by atoms with Crippen molar-refractivity contribution in [1.82, 2.24) is 24.4 Å². The Bertz CT molecular complexity index is 1220. The van der Waals surface area contributed by atoms with E-state index in [4.69, 9.17) is 9.97 Å². The molecule has 0 atom stereocenters. The van der Waals surface area contributed by atoms with Gasteiger partial charge in [0.05, 0.1) is 6.33 Å². The van der Waals surface area contributed by atoms with Crippen molar-refractivity contribution in [2.45, 2.75) is 0 Å². The largest absolute Gasteiger partial charge is 0.371 e. The Morgan fingerprint density at radius 3 is 2.79 bits per heavy atom. The quantitative estimate of drug-likeness (QED) is 0.543. The van der Waals surface area contributed by atoms with Crippen LogP contribution in [0.5, 0.6) is 0 Å². The first-order valence-electron chi connectivity index (χ1n) is 9.42. The van der Waals surface area contributed by atoms with Gasteiger partial charge in [0.1, 0.15) is 26.4 Å². The molecule has 1 amide bonds. The minimum absolute atomic E-state index is 0.0953. The average molecular weight is 425 g/mol. The number of carbonyl (C=O) groups is 1. The minimum Gasteiger partial charge on any atom is -0.371 e. The molecule has 1 aromatic carbocycles. The molecule has 7 nitrogen and oxygen atoms in total. The highest BCUT2D eigenvalue weighted by molar-refractivity contribution is 7.99. The summed E-state index contributed by atoms with van der Waals surface area (Å²) >= 11 is 3.43. The maximum Gasteiger partial charge on any atom is 0.253 e. The number of thioether (sulfide) groups is 1. The van der Waals surface area contributed by atoms with Gasteiger partial charge in [-0.1, -0.05) is 23.5 Å². The second kappa shape index (κ2) is 7.31. The molecule has 0 saturated carbocycles. The fourth-order valence-electron chi connectivity index (χ4n) is 3.61. The van der Waals surface area contributed by atoms with Crippen molar-refractivity contribution in [3.63, 3.8) is 0 Å². The van der Waals surface area contributed by atoms with E-state index in [1.807, 2.05) is 59.6 Å². The van der Waals surface area contributed by atoms with Gasteiger partial charge in [-0.3, -0.25) is 4.79 Å². The van der Waals surface area contributed by atoms with Gasteiger partial charge in [0, 0.05) is 49.8 Å². The number of imidazole rings is 1. The number of pyridine rings is 1. The highest BCUT2D eigenvalue weighted by Crippen LogP contribution is 2.35. The molecule has 148 valence electrons. The zero-order valence-corrected chi connectivity index (χ0v) is 17.8. The predicted molar refractivity (Wildman–Crippen MR) is 120 cm³/mol. The van der Waals surface area contributed by atoms with Crippen molar-refractivity contribution in [2.24, 2.45) is 7.05 Å². The van der Waals surface area contributed by atoms with Gasteiger partial charge in [-0.25, -0.2) is 15.0 Å². The molecule has 0 unspecified atom stereocenters. The zero-order valence-electron chi connectivity index (χ0n) is 16.2. The van der Waals surface area contributed by atoms with Gasteiger partial charge in [-0.2, -0.15) is 11.8 Å². The van der Waals surface area contributed by atoms with E-state index < -0.39 is 0 Å². The predicted octanol–water partition coefficient (Wildman–Crippen LogP) is 3.48. The molecule has 3 aromatic heterocycles. The topological polar surface area (TPSA) is 75.9 Å². The van der Waals surface area contributed by atoms with Crippen LogP contribution >= 0.6 is 23.1 Å². The number of rotatable bonds is 3. The SMILES string of the molecule is CNc1nc2sc(-c3cccc(C(=O)N4CCSCC4)c3)nc2c2c1ncn2C. The smallest absolute Gasteiger partial charge is 0.253 e. The lowest BCUT2D eigenvalue weighted by Gasteiger charge is -2.26. The number of aryl methyl sites for hydroxylation is 1. The summed E-state index contributed by atoms with van der Waals surface area (Å²) in [6.45, 7) is 1.62. The number of hydrogen-bond acceptors (Lipinski definition) is 7. The highest BCUT2D eigenvalue weighted by atomic mass is 32.2. The molecule has 1 saturated heterocycles. The molecule has 1 fully saturated rings. The average Bonchev–Trinajstić information content (AvgIpc) is 3.37. The summed E-state index contributed by atoms with van der Waals surface area (Å²) in [5.41, 5.74) is 4.25. The van der Waals surface area contributed by atoms with E-state index in [2.05, 4.69) is 10.3 Å². The molecular weight excluding hydrogens is 404 g/mol. The summed E-state index contributed by atoms with van der Waals surface area (Å²) < 4.78 is 1.97. The molecule has 0 aliphatic carbocycles. The molecule has 4 heterocycles. The first-order valence-corrected chi connectivity index (χ1v) is 11.4. The number of nitrogens with one attached hydrogen (secondary N) is 1. The van der Waals surface area contributed by atoms with E-state index in [9.17, 15) is 4.79 Å². The van der Waals surface area contributed by atoms with Gasteiger partial charge in [0.15, 0.2) is 5.82 Å². The lowest BCUT2D eigenvalue weighted by Crippen LogP contribution is -2.37. The van der Waals surface area contributed by atoms with Gasteiger partial charge < -0.3 is 14.8 Å². The normalized spacial score (nSPS) is 14.6. The number of benzene rings is 1. The van der Waals surface area contributed by atoms with Crippen molar-refractivity contribution in [1.29, 1.82) is 0 Å². The van der Waals surface area contributed by atoms with E-state index in [0.29, 0.717) is 5.56 Å². The van der Waals surface area contributed by atoms with Crippen molar-refractivity contribution in [3.8, 4) is 10.6 Å². The molecule has 0 radical (unpaired) electrons. The molecule has 1 aliphatic rings. The molecule has 1 N–H and O–H groups in total. The summed E-state index contributed by atoms with van der Waals surface area (Å²) in [5.74, 6) is 2.85. The van der Waals surface area contributed by atoms with Gasteiger partial charge in [0.25, 0.3) is 5.91 Å². The van der Waals surface area contributed by atoms with E-state index in [1.54, 1.807) is 6.33 Å². The maximum absolute atomic E-state index is 12.9. The van der Waals surface area contributed by atoms with E-state index in [0.717, 1.165) is 62.4 Å². The van der Waals surface area contributed by atoms with Crippen molar-refractivity contribution < 1.29 is 4.79 Å². The Balaban J connectivity index is 1.58. The summed E-state index contributed by atoms with van der Waals surface area (Å²) in [7, 11) is 3.81. The zero-order chi connectivity index (χ0) is 20.0. The number of thiazole rings is 1. The van der Waals surface area contributed by atoms with E-state index in [1.165, 1.54) is 11.3 Å². The monoisotopic (exact) mass is 424 g/mol. The minimum atomic E-state index is 0.0953. The number of fused-ring (bicyclic) bond motifs is 3. The van der Waals surface area contributed by atoms with Crippen LogP contribution in [0.15, 0.2) is 30.6 Å². The van der Waals surface area contributed by atoms with Gasteiger partial charge in [-0.15, -0.1) is 0 Å². The summed E-state index contributed by atoms with van der Waals surface area (Å²) in [4.78, 5) is 29.7. The fourth-order valence-corrected chi connectivity index (χ4v) is 5.46. The molecule has 4 aromatic rings. The maximum atomic E-state index is 12.9. The van der Waals surface area contributed by atoms with Crippen LogP contribution in [0.25, 0.3) is 32.0 Å². The summed E-state index contributed by atoms with van der Waals surface area (Å²) in [6.07, 6.45) is 1.78. The lowest BCUT2D eigenvalue weighted by molar-refractivity contribution is 0.0772. The Hall–Kier alpha value is -2.65. The highest BCUT2D eigenvalue weighted by Gasteiger charge is 2.20. The number of amides is 1. The van der Waals surface area contributed by atoms with Crippen molar-refractivity contribution >= 4 is 56.2 Å². The first kappa shape index (κ1) is 18.4. The first-order chi connectivity index (χ1) is 14.2. The van der Waals surface area contributed by atoms with Crippen molar-refractivity contribution in [3.05, 3.63) is 36.2 Å². The third kappa shape index (κ3) is 3.14. The molecule has 29 heavy (non-hydrogen) atoms. The van der Waals surface area contributed by atoms with Crippen LogP contribution < -0.4 is 5.32 Å². The van der Waals surface area contributed by atoms with Crippen LogP contribution in [0.4, 0.5) is 5.82 Å². The molecular formula is C20H20N6OS2. The third-order valence-electron chi connectivity index (χ3n) is 5.10. The second-order valence-corrected chi connectivity index (χ2v) is 9.12. The standard InChI is InChI=1S/C20H20N6OS2/c1-21-17-14-16(25(2)11-22-14)15-19(24-17)29-18(23-15)12-4-3-5-13(10-12)20(27)26-6-8-28-9-7-26/h3-5,10-11H,6-9H2,1-2H3,(H,21,24). The van der Waals surface area contributed by atoms with Gasteiger partial charge >= 0.3 is 0 Å². The molecule has 9 heteroatoms. The molecule has 1 aliphatic heterocycles.